The topological polar surface area (TPSA) is 157 Å². The Balaban J connectivity index is 3.93. The summed E-state index contributed by atoms with van der Waals surface area (Å²) in [6.07, 6.45) is 0. The summed E-state index contributed by atoms with van der Waals surface area (Å²) in [7, 11) is -8.95. The summed E-state index contributed by atoms with van der Waals surface area (Å²) in [4.78, 5) is 11.1. The minimum Gasteiger partial charge on any atom is -0.494 e. The van der Waals surface area contributed by atoms with E-state index in [0.717, 1.165) is 6.92 Å². The standard InChI is InChI=1S/C9H14N2O7S2/c1-3-11-8(12)6(4-19(14,15)16)5(2)7(9(11)13)20(10,17)18/h12H,3-4H2,1-2H3,(H2,10,17,18)(H,14,15,16). The summed E-state index contributed by atoms with van der Waals surface area (Å²) in [6, 6.07) is 0. The number of nitrogens with zero attached hydrogens (tertiary/aromatic N) is 1. The molecule has 0 radical (unpaired) electrons. The molecule has 0 bridgehead atoms. The van der Waals surface area contributed by atoms with E-state index in [1.54, 1.807) is 0 Å². The molecular weight excluding hydrogens is 312 g/mol. The lowest BCUT2D eigenvalue weighted by Gasteiger charge is -2.15. The first-order valence-corrected chi connectivity index (χ1v) is 8.49. The van der Waals surface area contributed by atoms with Crippen LogP contribution in [-0.2, 0) is 32.4 Å². The molecule has 0 unspecified atom stereocenters. The molecule has 0 fully saturated rings. The average molecular weight is 326 g/mol. The molecule has 1 aromatic rings. The summed E-state index contributed by atoms with van der Waals surface area (Å²) < 4.78 is 54.2. The molecule has 0 aromatic carbocycles. The Morgan fingerprint density at radius 3 is 2.10 bits per heavy atom. The lowest BCUT2D eigenvalue weighted by atomic mass is 10.1. The fraction of sp³-hybridized carbons (Fsp3) is 0.444. The van der Waals surface area contributed by atoms with Gasteiger partial charge >= 0.3 is 0 Å². The number of aromatic hydroxyl groups is 1. The largest absolute Gasteiger partial charge is 0.494 e. The second kappa shape index (κ2) is 5.16. The Morgan fingerprint density at radius 1 is 1.25 bits per heavy atom. The predicted octanol–water partition coefficient (Wildman–Crippen LogP) is -1.08. The third-order valence-electron chi connectivity index (χ3n) is 2.69. The van der Waals surface area contributed by atoms with Crippen molar-refractivity contribution in [2.24, 2.45) is 5.14 Å². The normalized spacial score (nSPS) is 12.6. The van der Waals surface area contributed by atoms with Crippen molar-refractivity contribution < 1.29 is 26.5 Å². The molecule has 1 rings (SSSR count). The second-order valence-electron chi connectivity index (χ2n) is 4.08. The number of hydrogen-bond donors (Lipinski definition) is 3. The van der Waals surface area contributed by atoms with Crippen LogP contribution < -0.4 is 10.7 Å². The number of aromatic nitrogens is 1. The van der Waals surface area contributed by atoms with Gasteiger partial charge in [-0.15, -0.1) is 0 Å². The smallest absolute Gasteiger partial charge is 0.273 e. The van der Waals surface area contributed by atoms with Crippen molar-refractivity contribution in [1.29, 1.82) is 0 Å². The summed E-state index contributed by atoms with van der Waals surface area (Å²) in [6.45, 7) is 2.47. The highest BCUT2D eigenvalue weighted by molar-refractivity contribution is 7.89. The molecule has 1 aromatic heterocycles. The molecule has 1 heterocycles. The van der Waals surface area contributed by atoms with Gasteiger partial charge in [-0.05, 0) is 19.4 Å². The number of sulfonamides is 1. The van der Waals surface area contributed by atoms with Crippen molar-refractivity contribution in [1.82, 2.24) is 4.57 Å². The summed E-state index contributed by atoms with van der Waals surface area (Å²) in [5.74, 6) is -1.76. The first-order chi connectivity index (χ1) is 8.90. The van der Waals surface area contributed by atoms with Crippen molar-refractivity contribution >= 4 is 20.1 Å². The quantitative estimate of drug-likeness (QED) is 0.594. The van der Waals surface area contributed by atoms with Gasteiger partial charge in [-0.1, -0.05) is 0 Å². The van der Waals surface area contributed by atoms with E-state index in [4.69, 9.17) is 9.69 Å². The molecular formula is C9H14N2O7S2. The second-order valence-corrected chi connectivity index (χ2v) is 7.03. The van der Waals surface area contributed by atoms with Crippen LogP contribution in [0.1, 0.15) is 18.1 Å². The van der Waals surface area contributed by atoms with E-state index in [1.165, 1.54) is 6.92 Å². The fourth-order valence-corrected chi connectivity index (χ4v) is 3.44. The van der Waals surface area contributed by atoms with Crippen LogP contribution in [0.3, 0.4) is 0 Å². The van der Waals surface area contributed by atoms with Gasteiger partial charge in [0.2, 0.25) is 10.0 Å². The number of rotatable bonds is 4. The Morgan fingerprint density at radius 2 is 1.75 bits per heavy atom. The Labute approximate surface area is 115 Å². The maximum absolute atomic E-state index is 11.9. The third-order valence-corrected chi connectivity index (χ3v) is 4.39. The van der Waals surface area contributed by atoms with Gasteiger partial charge in [0.15, 0.2) is 10.8 Å². The van der Waals surface area contributed by atoms with Gasteiger partial charge in [-0.2, -0.15) is 8.42 Å². The molecule has 4 N–H and O–H groups in total. The molecule has 9 nitrogen and oxygen atoms in total. The van der Waals surface area contributed by atoms with Crippen LogP contribution in [-0.4, -0.2) is 31.1 Å². The highest BCUT2D eigenvalue weighted by atomic mass is 32.2. The lowest BCUT2D eigenvalue weighted by molar-refractivity contribution is 0.400. The first-order valence-electron chi connectivity index (χ1n) is 5.33. The molecule has 0 aliphatic rings. The molecule has 0 aliphatic carbocycles. The van der Waals surface area contributed by atoms with Gasteiger partial charge in [-0.3, -0.25) is 13.9 Å². The van der Waals surface area contributed by atoms with Crippen molar-refractivity contribution in [3.8, 4) is 5.88 Å². The minimum atomic E-state index is -4.53. The maximum Gasteiger partial charge on any atom is 0.273 e. The summed E-state index contributed by atoms with van der Waals surface area (Å²) in [5, 5.41) is 14.8. The van der Waals surface area contributed by atoms with Gasteiger partial charge in [0.25, 0.3) is 15.7 Å². The number of nitrogens with two attached hydrogens (primary N) is 1. The zero-order valence-corrected chi connectivity index (χ0v) is 12.3. The van der Waals surface area contributed by atoms with Crippen LogP contribution in [0.2, 0.25) is 0 Å². The van der Waals surface area contributed by atoms with E-state index in [0.29, 0.717) is 4.57 Å². The van der Waals surface area contributed by atoms with Crippen LogP contribution >= 0.6 is 0 Å². The highest BCUT2D eigenvalue weighted by Gasteiger charge is 2.27. The van der Waals surface area contributed by atoms with E-state index in [-0.39, 0.29) is 12.1 Å². The van der Waals surface area contributed by atoms with Crippen LogP contribution in [0.25, 0.3) is 0 Å². The minimum absolute atomic E-state index is 0.105. The zero-order chi connectivity index (χ0) is 15.9. The van der Waals surface area contributed by atoms with Crippen LogP contribution in [0.15, 0.2) is 9.69 Å². The highest BCUT2D eigenvalue weighted by Crippen LogP contribution is 2.25. The first kappa shape index (κ1) is 16.6. The van der Waals surface area contributed by atoms with Gasteiger partial charge < -0.3 is 5.11 Å². The number of pyridine rings is 1. The Bertz CT molecular complexity index is 806. The SMILES string of the molecule is CCn1c(O)c(CS(=O)(=O)O)c(C)c(S(N)(=O)=O)c1=O. The van der Waals surface area contributed by atoms with Crippen molar-refractivity contribution in [3.63, 3.8) is 0 Å². The van der Waals surface area contributed by atoms with Gasteiger partial charge in [-0.25, -0.2) is 13.6 Å². The van der Waals surface area contributed by atoms with Crippen molar-refractivity contribution in [2.45, 2.75) is 31.0 Å². The monoisotopic (exact) mass is 326 g/mol. The number of hydrogen-bond acceptors (Lipinski definition) is 6. The molecule has 0 atom stereocenters. The van der Waals surface area contributed by atoms with Crippen molar-refractivity contribution in [2.75, 3.05) is 0 Å². The third kappa shape index (κ3) is 3.17. The molecule has 0 saturated heterocycles. The zero-order valence-electron chi connectivity index (χ0n) is 10.7. The van der Waals surface area contributed by atoms with Crippen LogP contribution in [0.4, 0.5) is 0 Å². The Hall–Kier alpha value is -1.43. The molecule has 114 valence electrons. The Kier molecular flexibility index (Phi) is 4.29. The molecule has 20 heavy (non-hydrogen) atoms. The van der Waals surface area contributed by atoms with E-state index < -0.39 is 47.8 Å². The summed E-state index contributed by atoms with van der Waals surface area (Å²) >= 11 is 0. The maximum atomic E-state index is 11.9. The van der Waals surface area contributed by atoms with Gasteiger partial charge in [0.1, 0.15) is 5.75 Å². The molecule has 0 amide bonds. The predicted molar refractivity (Wildman–Crippen MR) is 69.4 cm³/mol. The van der Waals surface area contributed by atoms with Crippen LogP contribution in [0.5, 0.6) is 5.88 Å². The van der Waals surface area contributed by atoms with E-state index >= 15 is 0 Å². The van der Waals surface area contributed by atoms with E-state index in [1.807, 2.05) is 0 Å². The van der Waals surface area contributed by atoms with E-state index in [2.05, 4.69) is 0 Å². The van der Waals surface area contributed by atoms with Gasteiger partial charge in [0, 0.05) is 12.1 Å². The van der Waals surface area contributed by atoms with E-state index in [9.17, 15) is 26.7 Å². The lowest BCUT2D eigenvalue weighted by Crippen LogP contribution is -2.31. The summed E-state index contributed by atoms with van der Waals surface area (Å²) in [5.41, 5.74) is -1.75. The van der Waals surface area contributed by atoms with Crippen LogP contribution in [0, 0.1) is 6.92 Å². The molecule has 0 saturated carbocycles. The average Bonchev–Trinajstić information content (AvgIpc) is 2.21. The molecule has 0 aliphatic heterocycles. The van der Waals surface area contributed by atoms with Crippen molar-refractivity contribution in [3.05, 3.63) is 21.5 Å². The fourth-order valence-electron chi connectivity index (χ4n) is 1.83. The molecule has 0 spiro atoms. The molecule has 11 heteroatoms. The number of primary sulfonamides is 1. The van der Waals surface area contributed by atoms with Gasteiger partial charge in [0.05, 0.1) is 0 Å².